The molecular formula is C6H9CsO4Si. The molecule has 12 heavy (non-hydrogen) atoms. The fourth-order valence-electron chi connectivity index (χ4n) is 0.647. The van der Waals surface area contributed by atoms with E-state index in [-0.39, 0.29) is 76.1 Å². The van der Waals surface area contributed by atoms with Gasteiger partial charge in [-0.3, -0.25) is 0 Å². The van der Waals surface area contributed by atoms with Gasteiger partial charge in [-0.2, -0.15) is 0 Å². The van der Waals surface area contributed by atoms with Crippen LogP contribution in [0.3, 0.4) is 0 Å². The molecule has 0 aliphatic carbocycles. The molecule has 0 unspecified atom stereocenters. The second-order valence-corrected chi connectivity index (χ2v) is 3.34. The quantitative estimate of drug-likeness (QED) is 0.498. The molecule has 0 saturated carbocycles. The molecule has 0 amide bonds. The number of hydrogen-bond donors (Lipinski definition) is 3. The van der Waals surface area contributed by atoms with Gasteiger partial charge in [-0.1, -0.05) is 18.2 Å². The van der Waals surface area contributed by atoms with Crippen molar-refractivity contribution in [3.05, 3.63) is 30.3 Å². The van der Waals surface area contributed by atoms with Crippen molar-refractivity contribution in [2.45, 2.75) is 0 Å². The van der Waals surface area contributed by atoms with Crippen molar-refractivity contribution in [2.24, 2.45) is 0 Å². The first-order valence-electron chi connectivity index (χ1n) is 2.99. The Balaban J connectivity index is 0. The monoisotopic (exact) mass is 306 g/mol. The first-order valence-corrected chi connectivity index (χ1v) is 4.74. The molecule has 4 nitrogen and oxygen atoms in total. The van der Waals surface area contributed by atoms with E-state index in [0.717, 1.165) is 0 Å². The first-order chi connectivity index (χ1) is 5.08. The van der Waals surface area contributed by atoms with E-state index in [0.29, 0.717) is 0 Å². The number of benzene rings is 1. The molecule has 0 fully saturated rings. The molecular weight excluding hydrogens is 297 g/mol. The van der Waals surface area contributed by atoms with Gasteiger partial charge in [0.1, 0.15) is 5.75 Å². The maximum absolute atomic E-state index is 8.50. The molecule has 0 heterocycles. The van der Waals surface area contributed by atoms with Crippen molar-refractivity contribution in [1.29, 1.82) is 0 Å². The third kappa shape index (κ3) is 5.75. The zero-order valence-corrected chi connectivity index (χ0v) is 13.9. The molecule has 0 bridgehead atoms. The summed E-state index contributed by atoms with van der Waals surface area (Å²) in [6, 6.07) is 8.11. The third-order valence-corrected chi connectivity index (χ3v) is 1.51. The average Bonchev–Trinajstić information content (AvgIpc) is 1.85. The second-order valence-electron chi connectivity index (χ2n) is 1.99. The van der Waals surface area contributed by atoms with E-state index in [1.54, 1.807) is 18.2 Å². The summed E-state index contributed by atoms with van der Waals surface area (Å²) < 4.78 is 4.41. The van der Waals surface area contributed by atoms with E-state index in [4.69, 9.17) is 14.4 Å². The van der Waals surface area contributed by atoms with Gasteiger partial charge in [-0.25, -0.2) is 0 Å². The molecule has 0 aliphatic rings. The van der Waals surface area contributed by atoms with Crippen LogP contribution in [0.4, 0.5) is 0 Å². The summed E-state index contributed by atoms with van der Waals surface area (Å²) in [4.78, 5) is 25.5. The number of rotatable bonds is 2. The smallest absolute Gasteiger partial charge is 1.00 e. The second kappa shape index (κ2) is 5.81. The number of hydrogen-bond acceptors (Lipinski definition) is 4. The van der Waals surface area contributed by atoms with Crippen molar-refractivity contribution in [1.82, 2.24) is 0 Å². The molecule has 0 spiro atoms. The maximum Gasteiger partial charge on any atom is 1.00 e. The Labute approximate surface area is 132 Å². The third-order valence-electron chi connectivity index (χ3n) is 0.998. The largest absolute Gasteiger partial charge is 1.00 e. The van der Waals surface area contributed by atoms with Gasteiger partial charge in [0.05, 0.1) is 0 Å². The fraction of sp³-hybridized carbons (Fsp3) is 0. The molecule has 1 aromatic carbocycles. The minimum atomic E-state index is -4.40. The standard InChI is InChI=1S/C6H8O4Si.Cs.H/c7-11(8,9)10-6-4-2-1-3-5-6;;/h1-5,7-9H;;/q;+1;-1. The Kier molecular flexibility index (Phi) is 6.37. The zero-order chi connectivity index (χ0) is 8.32. The van der Waals surface area contributed by atoms with E-state index >= 15 is 0 Å². The SMILES string of the molecule is O[Si](O)(O)Oc1ccccc1.[Cs+].[H-]. The topological polar surface area (TPSA) is 69.9 Å². The van der Waals surface area contributed by atoms with E-state index < -0.39 is 9.05 Å². The van der Waals surface area contributed by atoms with Crippen LogP contribution in [0, 0.1) is 0 Å². The maximum atomic E-state index is 8.50. The molecule has 0 radical (unpaired) electrons. The number of para-hydroxylation sites is 1. The molecule has 0 aromatic heterocycles. The Morgan fingerprint density at radius 3 is 2.00 bits per heavy atom. The summed E-state index contributed by atoms with van der Waals surface area (Å²) in [6.07, 6.45) is 0. The Morgan fingerprint density at radius 2 is 1.58 bits per heavy atom. The van der Waals surface area contributed by atoms with Crippen molar-refractivity contribution < 1.29 is 89.1 Å². The summed E-state index contributed by atoms with van der Waals surface area (Å²) in [5.74, 6) is 0.242. The predicted molar refractivity (Wildman–Crippen MR) is 40.6 cm³/mol. The fourth-order valence-corrected chi connectivity index (χ4v) is 1.10. The summed E-state index contributed by atoms with van der Waals surface area (Å²) in [6.45, 7) is 0. The van der Waals surface area contributed by atoms with Crippen LogP contribution in [-0.2, 0) is 0 Å². The van der Waals surface area contributed by atoms with E-state index in [1.165, 1.54) is 12.1 Å². The van der Waals surface area contributed by atoms with Gasteiger partial charge in [-0.05, 0) is 12.1 Å². The van der Waals surface area contributed by atoms with Crippen LogP contribution >= 0.6 is 0 Å². The van der Waals surface area contributed by atoms with Gasteiger partial charge in [0, 0.05) is 0 Å². The summed E-state index contributed by atoms with van der Waals surface area (Å²) >= 11 is 0. The first kappa shape index (κ1) is 13.2. The van der Waals surface area contributed by atoms with Crippen molar-refractivity contribution in [2.75, 3.05) is 0 Å². The Bertz CT molecular complexity index is 228. The minimum absolute atomic E-state index is 0. The molecule has 1 rings (SSSR count). The van der Waals surface area contributed by atoms with Crippen LogP contribution in [0.15, 0.2) is 30.3 Å². The van der Waals surface area contributed by atoms with Crippen LogP contribution in [0.5, 0.6) is 5.75 Å². The zero-order valence-electron chi connectivity index (χ0n) is 7.64. The Hall–Kier alpha value is 1.17. The minimum Gasteiger partial charge on any atom is -1.00 e. The molecule has 3 N–H and O–H groups in total. The van der Waals surface area contributed by atoms with Gasteiger partial charge < -0.3 is 20.2 Å². The summed E-state index contributed by atoms with van der Waals surface area (Å²) in [5.41, 5.74) is 0. The molecule has 0 atom stereocenters. The average molecular weight is 306 g/mol. The van der Waals surface area contributed by atoms with Crippen LogP contribution in [0.25, 0.3) is 0 Å². The predicted octanol–water partition coefficient (Wildman–Crippen LogP) is -3.41. The molecule has 6 heteroatoms. The van der Waals surface area contributed by atoms with E-state index in [1.807, 2.05) is 0 Å². The molecule has 0 saturated heterocycles. The van der Waals surface area contributed by atoms with Crippen LogP contribution in [0.1, 0.15) is 1.43 Å². The van der Waals surface area contributed by atoms with Gasteiger partial charge in [-0.15, -0.1) is 0 Å². The molecule has 0 aliphatic heterocycles. The summed E-state index contributed by atoms with van der Waals surface area (Å²) in [5, 5.41) is 0. The van der Waals surface area contributed by atoms with Crippen LogP contribution in [0.2, 0.25) is 0 Å². The summed E-state index contributed by atoms with van der Waals surface area (Å²) in [7, 11) is -4.40. The van der Waals surface area contributed by atoms with Gasteiger partial charge >= 0.3 is 77.9 Å². The van der Waals surface area contributed by atoms with Crippen molar-refractivity contribution in [3.63, 3.8) is 0 Å². The van der Waals surface area contributed by atoms with Crippen molar-refractivity contribution >= 4 is 9.05 Å². The van der Waals surface area contributed by atoms with Crippen molar-refractivity contribution in [3.8, 4) is 5.75 Å². The Morgan fingerprint density at radius 1 is 1.08 bits per heavy atom. The molecule has 62 valence electrons. The van der Waals surface area contributed by atoms with E-state index in [9.17, 15) is 0 Å². The van der Waals surface area contributed by atoms with E-state index in [2.05, 4.69) is 4.43 Å². The van der Waals surface area contributed by atoms with Crippen LogP contribution < -0.4 is 73.3 Å². The normalized spacial score (nSPS) is 10.2. The molecule has 1 aromatic rings. The van der Waals surface area contributed by atoms with Gasteiger partial charge in [0.15, 0.2) is 0 Å². The van der Waals surface area contributed by atoms with Gasteiger partial charge in [0.2, 0.25) is 0 Å². The van der Waals surface area contributed by atoms with Gasteiger partial charge in [0.25, 0.3) is 0 Å². The van der Waals surface area contributed by atoms with Crippen LogP contribution in [-0.4, -0.2) is 23.4 Å².